The lowest BCUT2D eigenvalue weighted by atomic mass is 10.1. The van der Waals surface area contributed by atoms with E-state index in [2.05, 4.69) is 5.32 Å². The maximum atomic E-state index is 9.74. The van der Waals surface area contributed by atoms with Crippen molar-refractivity contribution in [3.63, 3.8) is 0 Å². The largest absolute Gasteiger partial charge is 0.389 e. The molecule has 2 aliphatic heterocycles. The number of ether oxygens (including phenoxy) is 3. The van der Waals surface area contributed by atoms with Crippen LogP contribution in [0.1, 0.15) is 20.3 Å². The monoisotopic (exact) mass is 217 g/mol. The van der Waals surface area contributed by atoms with E-state index in [4.69, 9.17) is 14.2 Å². The molecule has 2 N–H and O–H groups in total. The van der Waals surface area contributed by atoms with Gasteiger partial charge in [-0.3, -0.25) is 0 Å². The van der Waals surface area contributed by atoms with Gasteiger partial charge in [0.25, 0.3) is 0 Å². The summed E-state index contributed by atoms with van der Waals surface area (Å²) in [5.41, 5.74) is 0. The summed E-state index contributed by atoms with van der Waals surface area (Å²) in [5, 5.41) is 12.7. The van der Waals surface area contributed by atoms with Crippen molar-refractivity contribution >= 4 is 0 Å². The van der Waals surface area contributed by atoms with Crippen molar-refractivity contribution in [2.45, 2.75) is 50.7 Å². The van der Waals surface area contributed by atoms with Crippen LogP contribution >= 0.6 is 0 Å². The summed E-state index contributed by atoms with van der Waals surface area (Å²) in [7, 11) is 1.80. The predicted octanol–water partition coefficient (Wildman–Crippen LogP) is -0.167. The lowest BCUT2D eigenvalue weighted by Crippen LogP contribution is -2.36. The van der Waals surface area contributed by atoms with E-state index in [0.717, 1.165) is 0 Å². The molecule has 0 bridgehead atoms. The third-order valence-electron chi connectivity index (χ3n) is 2.75. The van der Waals surface area contributed by atoms with Crippen LogP contribution in [-0.4, -0.2) is 49.1 Å². The van der Waals surface area contributed by atoms with Gasteiger partial charge >= 0.3 is 0 Å². The van der Waals surface area contributed by atoms with Crippen LogP contribution in [0.2, 0.25) is 0 Å². The van der Waals surface area contributed by atoms with Crippen LogP contribution in [0, 0.1) is 0 Å². The second-order valence-corrected chi connectivity index (χ2v) is 4.58. The minimum Gasteiger partial charge on any atom is -0.389 e. The number of hydrogen-bond donors (Lipinski definition) is 2. The average Bonchev–Trinajstić information content (AvgIpc) is 2.57. The first-order chi connectivity index (χ1) is 7.02. The Morgan fingerprint density at radius 2 is 2.20 bits per heavy atom. The van der Waals surface area contributed by atoms with Crippen LogP contribution < -0.4 is 5.32 Å². The third kappa shape index (κ3) is 2.32. The van der Waals surface area contributed by atoms with Crippen LogP contribution in [0.4, 0.5) is 0 Å². The van der Waals surface area contributed by atoms with E-state index in [9.17, 15) is 5.11 Å². The molecule has 5 heteroatoms. The molecule has 2 saturated heterocycles. The van der Waals surface area contributed by atoms with E-state index >= 15 is 0 Å². The van der Waals surface area contributed by atoms with E-state index in [1.165, 1.54) is 0 Å². The SMILES string of the molecule is CNC[C@H](O)[C@@H]1C[C@H]2OC(C)(C)O[C@H]2O1. The number of aliphatic hydroxyl groups is 1. The lowest BCUT2D eigenvalue weighted by molar-refractivity contribution is -0.213. The zero-order chi connectivity index (χ0) is 11.1. The minimum atomic E-state index is -0.561. The van der Waals surface area contributed by atoms with Crippen molar-refractivity contribution < 1.29 is 19.3 Å². The van der Waals surface area contributed by atoms with Gasteiger partial charge in [0, 0.05) is 13.0 Å². The molecule has 0 aromatic rings. The summed E-state index contributed by atoms with van der Waals surface area (Å²) in [4.78, 5) is 0. The fraction of sp³-hybridized carbons (Fsp3) is 1.00. The van der Waals surface area contributed by atoms with Gasteiger partial charge < -0.3 is 24.6 Å². The molecular formula is C10H19NO4. The zero-order valence-corrected chi connectivity index (χ0v) is 9.40. The van der Waals surface area contributed by atoms with Crippen molar-refractivity contribution in [2.24, 2.45) is 0 Å². The molecule has 0 aromatic heterocycles. The number of rotatable bonds is 3. The Bertz CT molecular complexity index is 217. The summed E-state index contributed by atoms with van der Waals surface area (Å²) in [6.45, 7) is 4.26. The molecule has 0 saturated carbocycles. The third-order valence-corrected chi connectivity index (χ3v) is 2.75. The molecule has 0 spiro atoms. The molecule has 0 amide bonds. The Labute approximate surface area is 89.7 Å². The Balaban J connectivity index is 1.88. The molecule has 2 aliphatic rings. The molecular weight excluding hydrogens is 198 g/mol. The first kappa shape index (κ1) is 11.3. The van der Waals surface area contributed by atoms with Gasteiger partial charge in [-0.2, -0.15) is 0 Å². The van der Waals surface area contributed by atoms with Crippen molar-refractivity contribution in [2.75, 3.05) is 13.6 Å². The Morgan fingerprint density at radius 1 is 1.47 bits per heavy atom. The highest BCUT2D eigenvalue weighted by atomic mass is 16.8. The maximum Gasteiger partial charge on any atom is 0.187 e. The Morgan fingerprint density at radius 3 is 2.80 bits per heavy atom. The van der Waals surface area contributed by atoms with Crippen LogP contribution in [0.25, 0.3) is 0 Å². The smallest absolute Gasteiger partial charge is 0.187 e. The summed E-state index contributed by atoms with van der Waals surface area (Å²) < 4.78 is 16.8. The predicted molar refractivity (Wildman–Crippen MR) is 53.2 cm³/mol. The number of likely N-dealkylation sites (N-methyl/N-ethyl adjacent to an activating group) is 1. The summed E-state index contributed by atoms with van der Waals surface area (Å²) >= 11 is 0. The van der Waals surface area contributed by atoms with Gasteiger partial charge in [0.2, 0.25) is 0 Å². The van der Waals surface area contributed by atoms with Gasteiger partial charge in [-0.1, -0.05) is 0 Å². The normalized spacial score (nSPS) is 40.4. The van der Waals surface area contributed by atoms with E-state index in [0.29, 0.717) is 13.0 Å². The second-order valence-electron chi connectivity index (χ2n) is 4.58. The van der Waals surface area contributed by atoms with Gasteiger partial charge in [-0.05, 0) is 20.9 Å². The Hall–Kier alpha value is -0.200. The number of hydrogen-bond acceptors (Lipinski definition) is 5. The summed E-state index contributed by atoms with van der Waals surface area (Å²) in [5.74, 6) is -0.561. The molecule has 0 aliphatic carbocycles. The first-order valence-electron chi connectivity index (χ1n) is 5.35. The van der Waals surface area contributed by atoms with Crippen LogP contribution in [-0.2, 0) is 14.2 Å². The van der Waals surface area contributed by atoms with Gasteiger partial charge in [0.1, 0.15) is 6.10 Å². The molecule has 0 unspecified atom stereocenters. The number of aliphatic hydroxyl groups excluding tert-OH is 1. The first-order valence-corrected chi connectivity index (χ1v) is 5.35. The molecule has 4 atom stereocenters. The van der Waals surface area contributed by atoms with Crippen molar-refractivity contribution in [1.82, 2.24) is 5.32 Å². The van der Waals surface area contributed by atoms with E-state index in [1.54, 1.807) is 7.05 Å². The zero-order valence-electron chi connectivity index (χ0n) is 9.40. The van der Waals surface area contributed by atoms with E-state index in [-0.39, 0.29) is 18.5 Å². The van der Waals surface area contributed by atoms with E-state index in [1.807, 2.05) is 13.8 Å². The van der Waals surface area contributed by atoms with Crippen molar-refractivity contribution in [3.8, 4) is 0 Å². The quantitative estimate of drug-likeness (QED) is 0.687. The van der Waals surface area contributed by atoms with E-state index < -0.39 is 11.9 Å². The van der Waals surface area contributed by atoms with Gasteiger partial charge in [0.05, 0.1) is 12.2 Å². The summed E-state index contributed by atoms with van der Waals surface area (Å²) in [6.07, 6.45) is -0.371. The second kappa shape index (κ2) is 3.99. The molecule has 5 nitrogen and oxygen atoms in total. The fourth-order valence-electron chi connectivity index (χ4n) is 2.12. The average molecular weight is 217 g/mol. The van der Waals surface area contributed by atoms with Crippen LogP contribution in [0.15, 0.2) is 0 Å². The van der Waals surface area contributed by atoms with Crippen LogP contribution in [0.5, 0.6) is 0 Å². The molecule has 15 heavy (non-hydrogen) atoms. The van der Waals surface area contributed by atoms with Crippen molar-refractivity contribution in [1.29, 1.82) is 0 Å². The fourth-order valence-corrected chi connectivity index (χ4v) is 2.12. The van der Waals surface area contributed by atoms with Gasteiger partial charge in [-0.25, -0.2) is 0 Å². The topological polar surface area (TPSA) is 60.0 Å². The van der Waals surface area contributed by atoms with Gasteiger partial charge in [0.15, 0.2) is 12.1 Å². The molecule has 2 heterocycles. The highest BCUT2D eigenvalue weighted by molar-refractivity contribution is 4.88. The molecule has 2 rings (SSSR count). The molecule has 0 aromatic carbocycles. The number of fused-ring (bicyclic) bond motifs is 1. The maximum absolute atomic E-state index is 9.74. The van der Waals surface area contributed by atoms with Gasteiger partial charge in [-0.15, -0.1) is 0 Å². The molecule has 0 radical (unpaired) electrons. The van der Waals surface area contributed by atoms with Crippen LogP contribution in [0.3, 0.4) is 0 Å². The standard InChI is InChI=1S/C10H19NO4/c1-10(2)14-8-4-7(6(12)5-11-3)13-9(8)15-10/h6-9,11-12H,4-5H2,1-3H3/t6-,7-,8+,9+/m0/s1. The molecule has 2 fully saturated rings. The highest BCUT2D eigenvalue weighted by Crippen LogP contribution is 2.37. The van der Waals surface area contributed by atoms with Crippen molar-refractivity contribution in [3.05, 3.63) is 0 Å². The highest BCUT2D eigenvalue weighted by Gasteiger charge is 2.49. The lowest BCUT2D eigenvalue weighted by Gasteiger charge is -2.22. The minimum absolute atomic E-state index is 0.0449. The molecule has 88 valence electrons. The summed E-state index contributed by atoms with van der Waals surface area (Å²) in [6, 6.07) is 0. The number of nitrogens with one attached hydrogen (secondary N) is 1. The Kier molecular flexibility index (Phi) is 3.00.